The minimum absolute atomic E-state index is 0. The average Bonchev–Trinajstić information content (AvgIpc) is 2.37. The van der Waals surface area contributed by atoms with Crippen molar-refractivity contribution in [3.63, 3.8) is 0 Å². The standard InChI is InChI=1S/C9H16O.3CO.Fe/c1-4-6-7-8-9(3,10)5-2;3*1-2;/h4,6-8,10H,5H2,1-3H3;;;;/t9-;;;;/m0..../s1. The van der Waals surface area contributed by atoms with E-state index in [9.17, 15) is 5.11 Å². The molecule has 0 unspecified atom stereocenters. The summed E-state index contributed by atoms with van der Waals surface area (Å²) >= 11 is 0. The molecular formula is C12H16FeO4. The van der Waals surface area contributed by atoms with Crippen LogP contribution >= 0.6 is 0 Å². The number of rotatable bonds is 5. The molecule has 4 nitrogen and oxygen atoms in total. The van der Waals surface area contributed by atoms with E-state index in [0.717, 1.165) is 6.42 Å². The molecule has 0 aliphatic rings. The minimum Gasteiger partial charge on any atom is 0 e. The molecule has 1 atom stereocenters. The Bertz CT molecular complexity index is 159. The fourth-order valence-corrected chi connectivity index (χ4v) is 0.492. The van der Waals surface area contributed by atoms with Crippen molar-refractivity contribution in [2.75, 3.05) is 0 Å². The maximum Gasteiger partial charge on any atom is 0 e. The van der Waals surface area contributed by atoms with Gasteiger partial charge in [-0.25, -0.2) is 0 Å². The monoisotopic (exact) mass is 280 g/mol. The van der Waals surface area contributed by atoms with E-state index in [4.69, 9.17) is 14.0 Å². The van der Waals surface area contributed by atoms with Crippen LogP contribution in [0.2, 0.25) is 0 Å². The molecule has 0 saturated heterocycles. The van der Waals surface area contributed by atoms with Gasteiger partial charge in [0.05, 0.1) is 5.60 Å². The Morgan fingerprint density at radius 2 is 1.41 bits per heavy atom. The molecule has 0 fully saturated rings. The summed E-state index contributed by atoms with van der Waals surface area (Å²) < 4.78 is 22.5. The van der Waals surface area contributed by atoms with E-state index >= 15 is 0 Å². The number of unbranched alkanes of at least 4 members (excludes halogenated alkanes) is 2. The van der Waals surface area contributed by atoms with Gasteiger partial charge in [-0.1, -0.05) is 13.8 Å². The molecule has 0 spiro atoms. The Labute approximate surface area is 115 Å². The van der Waals surface area contributed by atoms with E-state index < -0.39 is 5.60 Å². The van der Waals surface area contributed by atoms with E-state index in [2.05, 4.69) is 20.0 Å². The quantitative estimate of drug-likeness (QED) is 0.355. The zero-order chi connectivity index (χ0) is 14.0. The van der Waals surface area contributed by atoms with Crippen LogP contribution in [0.1, 0.15) is 27.2 Å². The Kier molecular flexibility index (Phi) is 52.4. The molecule has 0 bridgehead atoms. The van der Waals surface area contributed by atoms with Gasteiger partial charge in [0.15, 0.2) is 0 Å². The van der Waals surface area contributed by atoms with Gasteiger partial charge in [0.1, 0.15) is 0 Å². The van der Waals surface area contributed by atoms with Gasteiger partial charge in [-0.15, -0.1) is 0 Å². The second-order valence-electron chi connectivity index (χ2n) is 2.60. The first-order valence-corrected chi connectivity index (χ1v) is 4.26. The van der Waals surface area contributed by atoms with Crippen LogP contribution in [0.5, 0.6) is 0 Å². The molecular weight excluding hydrogens is 264 g/mol. The van der Waals surface area contributed by atoms with Gasteiger partial charge < -0.3 is 5.11 Å². The summed E-state index contributed by atoms with van der Waals surface area (Å²) in [6, 6.07) is 0. The maximum absolute atomic E-state index is 9.43. The van der Waals surface area contributed by atoms with Gasteiger partial charge in [0.25, 0.3) is 0 Å². The van der Waals surface area contributed by atoms with E-state index in [1.165, 1.54) is 0 Å². The smallest absolute Gasteiger partial charge is 0 e. The maximum atomic E-state index is 9.43. The zero-order valence-corrected chi connectivity index (χ0v) is 11.1. The summed E-state index contributed by atoms with van der Waals surface area (Å²) in [6.07, 6.45) is 8.25. The first kappa shape index (κ1) is 30.1. The fraction of sp³-hybridized carbons (Fsp3) is 0.417. The van der Waals surface area contributed by atoms with Crippen molar-refractivity contribution >= 4 is 0 Å². The number of aliphatic hydroxyl groups is 1. The van der Waals surface area contributed by atoms with Crippen LogP contribution in [0.15, 0.2) is 0 Å². The van der Waals surface area contributed by atoms with Gasteiger partial charge in [-0.2, -0.15) is 0 Å². The molecule has 0 aromatic heterocycles. The second kappa shape index (κ2) is 29.6. The molecule has 0 aromatic rings. The molecule has 0 amide bonds. The molecule has 96 valence electrons. The van der Waals surface area contributed by atoms with Crippen LogP contribution in [0.3, 0.4) is 0 Å². The van der Waals surface area contributed by atoms with Gasteiger partial charge in [-0.05, 0) is 39.0 Å². The third-order valence-corrected chi connectivity index (χ3v) is 1.47. The van der Waals surface area contributed by atoms with Crippen LogP contribution in [0.25, 0.3) is 0 Å². The third kappa shape index (κ3) is 38.9. The Morgan fingerprint density at radius 1 is 1.06 bits per heavy atom. The first-order chi connectivity index (χ1) is 7.62. The predicted octanol–water partition coefficient (Wildman–Crippen LogP) is 1.87. The molecule has 0 saturated carbocycles. The van der Waals surface area contributed by atoms with Crippen LogP contribution in [-0.4, -0.2) is 10.7 Å². The zero-order valence-electron chi connectivity index (χ0n) is 10.0. The Balaban J connectivity index is -0.0000000594. The summed E-state index contributed by atoms with van der Waals surface area (Å²) in [4.78, 5) is 0. The summed E-state index contributed by atoms with van der Waals surface area (Å²) in [5, 5.41) is 9.43. The van der Waals surface area contributed by atoms with Crippen molar-refractivity contribution in [2.24, 2.45) is 0 Å². The van der Waals surface area contributed by atoms with Crippen molar-refractivity contribution < 1.29 is 36.1 Å². The van der Waals surface area contributed by atoms with Crippen molar-refractivity contribution in [1.29, 1.82) is 0 Å². The van der Waals surface area contributed by atoms with Gasteiger partial charge in [0, 0.05) is 17.1 Å². The van der Waals surface area contributed by atoms with E-state index in [1.54, 1.807) is 13.3 Å². The Morgan fingerprint density at radius 3 is 1.65 bits per heavy atom. The van der Waals surface area contributed by atoms with Gasteiger partial charge >= 0.3 is 33.9 Å². The fourth-order valence-electron chi connectivity index (χ4n) is 0.492. The molecule has 0 aliphatic carbocycles. The van der Waals surface area contributed by atoms with Crippen LogP contribution < -0.4 is 0 Å². The summed E-state index contributed by atoms with van der Waals surface area (Å²) in [7, 11) is 0. The number of hydrogen-bond acceptors (Lipinski definition) is 1. The second-order valence-corrected chi connectivity index (χ2v) is 2.60. The largest absolute Gasteiger partial charge is 0 e. The molecule has 0 aliphatic heterocycles. The van der Waals surface area contributed by atoms with Gasteiger partial charge in [-0.3, -0.25) is 0 Å². The topological polar surface area (TPSA) is 79.9 Å². The molecule has 1 N–H and O–H groups in total. The van der Waals surface area contributed by atoms with Crippen LogP contribution in [-0.2, 0) is 31.0 Å². The molecule has 0 rings (SSSR count). The van der Waals surface area contributed by atoms with Crippen LogP contribution in [0.4, 0.5) is 0 Å². The van der Waals surface area contributed by atoms with Gasteiger partial charge in [0.2, 0.25) is 0 Å². The van der Waals surface area contributed by atoms with Crippen LogP contribution in [0, 0.1) is 45.6 Å². The Hall–Kier alpha value is -0.301. The molecule has 0 aromatic carbocycles. The molecule has 17 heavy (non-hydrogen) atoms. The van der Waals surface area contributed by atoms with Crippen molar-refractivity contribution in [3.8, 4) is 0 Å². The van der Waals surface area contributed by atoms with E-state index in [1.807, 2.05) is 33.1 Å². The number of hydrogen-bond donors (Lipinski definition) is 1. The normalized spacial score (nSPS) is 10.2. The van der Waals surface area contributed by atoms with Crippen molar-refractivity contribution in [1.82, 2.24) is 0 Å². The predicted molar refractivity (Wildman–Crippen MR) is 55.6 cm³/mol. The van der Waals surface area contributed by atoms with E-state index in [-0.39, 0.29) is 17.1 Å². The molecule has 4 radical (unpaired) electrons. The molecule has 0 heterocycles. The third-order valence-electron chi connectivity index (χ3n) is 1.47. The minimum atomic E-state index is -0.639. The SMILES string of the molecule is C[CH][CH][CH][CH][C@@](C)(O)CC.[C-]#[O+].[C-]#[O+].[C-]#[O+].[Fe]. The first-order valence-electron chi connectivity index (χ1n) is 4.26. The summed E-state index contributed by atoms with van der Waals surface area (Å²) in [6.45, 7) is 19.2. The van der Waals surface area contributed by atoms with E-state index in [0.29, 0.717) is 0 Å². The average molecular weight is 280 g/mol. The summed E-state index contributed by atoms with van der Waals surface area (Å²) in [5.41, 5.74) is -0.639. The molecule has 5 heteroatoms. The van der Waals surface area contributed by atoms with Crippen molar-refractivity contribution in [3.05, 3.63) is 45.6 Å². The summed E-state index contributed by atoms with van der Waals surface area (Å²) in [5.74, 6) is 0. The van der Waals surface area contributed by atoms with Crippen molar-refractivity contribution in [2.45, 2.75) is 32.8 Å².